The van der Waals surface area contributed by atoms with Gasteiger partial charge in [-0.15, -0.1) is 0 Å². The molecule has 6 nitrogen and oxygen atoms in total. The largest absolute Gasteiger partial charge is 0.497 e. The first-order valence-corrected chi connectivity index (χ1v) is 7.97. The van der Waals surface area contributed by atoms with Crippen molar-refractivity contribution in [1.82, 2.24) is 0 Å². The van der Waals surface area contributed by atoms with Gasteiger partial charge in [0.2, 0.25) is 11.8 Å². The minimum Gasteiger partial charge on any atom is -0.497 e. The lowest BCUT2D eigenvalue weighted by Crippen LogP contribution is -2.43. The molecule has 7 heteroatoms. The molecular formula is C16H14BrNO5. The van der Waals surface area contributed by atoms with E-state index in [1.54, 1.807) is 43.5 Å². The van der Waals surface area contributed by atoms with Gasteiger partial charge in [-0.2, -0.15) is 0 Å². The van der Waals surface area contributed by atoms with Crippen LogP contribution in [0.4, 0.5) is 5.69 Å². The van der Waals surface area contributed by atoms with Crippen LogP contribution in [0.2, 0.25) is 0 Å². The van der Waals surface area contributed by atoms with Crippen LogP contribution in [0.25, 0.3) is 0 Å². The van der Waals surface area contributed by atoms with Crippen LogP contribution >= 0.6 is 15.9 Å². The van der Waals surface area contributed by atoms with Crippen molar-refractivity contribution in [3.05, 3.63) is 36.4 Å². The fourth-order valence-electron chi connectivity index (χ4n) is 3.68. The van der Waals surface area contributed by atoms with E-state index in [2.05, 4.69) is 15.9 Å². The molecule has 2 saturated heterocycles. The molecule has 1 aromatic carbocycles. The normalized spacial score (nSPS) is 37.6. The summed E-state index contributed by atoms with van der Waals surface area (Å²) >= 11 is 3.42. The molecule has 2 fully saturated rings. The van der Waals surface area contributed by atoms with Gasteiger partial charge in [-0.05, 0) is 52.3 Å². The molecule has 0 aliphatic carbocycles. The van der Waals surface area contributed by atoms with E-state index >= 15 is 0 Å². The highest BCUT2D eigenvalue weighted by atomic mass is 79.9. The Kier molecular flexibility index (Phi) is 3.01. The van der Waals surface area contributed by atoms with Gasteiger partial charge in [-0.25, -0.2) is 4.90 Å². The van der Waals surface area contributed by atoms with Crippen molar-refractivity contribution in [1.29, 1.82) is 0 Å². The fourth-order valence-corrected chi connectivity index (χ4v) is 4.57. The molecule has 0 spiro atoms. The number of hydrogen-bond acceptors (Lipinski definition) is 5. The van der Waals surface area contributed by atoms with Gasteiger partial charge in [0, 0.05) is 0 Å². The van der Waals surface area contributed by atoms with Crippen LogP contribution in [-0.4, -0.2) is 40.7 Å². The van der Waals surface area contributed by atoms with Gasteiger partial charge in [0.1, 0.15) is 11.4 Å². The van der Waals surface area contributed by atoms with Gasteiger partial charge in [0.15, 0.2) is 4.51 Å². The van der Waals surface area contributed by atoms with E-state index in [-0.39, 0.29) is 18.4 Å². The van der Waals surface area contributed by atoms with Gasteiger partial charge < -0.3 is 14.6 Å². The molecule has 3 aliphatic heterocycles. The van der Waals surface area contributed by atoms with E-state index in [0.29, 0.717) is 11.4 Å². The zero-order chi connectivity index (χ0) is 16.4. The van der Waals surface area contributed by atoms with Crippen molar-refractivity contribution >= 4 is 33.4 Å². The standard InChI is InChI=1S/C16H14BrNO5/c1-22-10-4-2-9(3-5-10)18-13(20)11-12(14(18)21)16(17)7-6-15(11,8-19)23-16/h2-7,11-12,19H,8H2,1H3. The molecule has 0 saturated carbocycles. The minimum absolute atomic E-state index is 0.332. The lowest BCUT2D eigenvalue weighted by Gasteiger charge is -2.26. The number of ether oxygens (including phenoxy) is 2. The van der Waals surface area contributed by atoms with Gasteiger partial charge in [-0.1, -0.05) is 0 Å². The molecule has 2 amide bonds. The summed E-state index contributed by atoms with van der Waals surface area (Å²) < 4.78 is 9.85. The molecule has 1 N–H and O–H groups in total. The number of carbonyl (C=O) groups excluding carboxylic acids is 2. The third-order valence-electron chi connectivity index (χ3n) is 4.77. The molecule has 120 valence electrons. The van der Waals surface area contributed by atoms with E-state index in [1.807, 2.05) is 0 Å². The number of alkyl halides is 1. The molecule has 4 rings (SSSR count). The van der Waals surface area contributed by atoms with E-state index in [1.165, 1.54) is 4.90 Å². The zero-order valence-electron chi connectivity index (χ0n) is 12.2. The number of amides is 2. The summed E-state index contributed by atoms with van der Waals surface area (Å²) in [6, 6.07) is 6.72. The smallest absolute Gasteiger partial charge is 0.241 e. The van der Waals surface area contributed by atoms with Crippen molar-refractivity contribution in [2.24, 2.45) is 11.8 Å². The number of methoxy groups -OCH3 is 1. The Morgan fingerprint density at radius 1 is 1.22 bits per heavy atom. The lowest BCUT2D eigenvalue weighted by atomic mass is 9.77. The number of fused-ring (bicyclic) bond motifs is 5. The summed E-state index contributed by atoms with van der Waals surface area (Å²) in [7, 11) is 1.55. The van der Waals surface area contributed by atoms with E-state index < -0.39 is 21.9 Å². The summed E-state index contributed by atoms with van der Waals surface area (Å²) in [5.41, 5.74) is -0.652. The summed E-state index contributed by atoms with van der Waals surface area (Å²) in [5.74, 6) is -1.46. The number of hydrogen-bond donors (Lipinski definition) is 1. The second kappa shape index (κ2) is 4.66. The highest BCUT2D eigenvalue weighted by molar-refractivity contribution is 9.10. The van der Waals surface area contributed by atoms with Crippen molar-refractivity contribution in [2.75, 3.05) is 18.6 Å². The number of aliphatic hydroxyl groups excluding tert-OH is 1. The number of benzene rings is 1. The van der Waals surface area contributed by atoms with Crippen molar-refractivity contribution in [3.63, 3.8) is 0 Å². The van der Waals surface area contributed by atoms with Crippen LogP contribution in [0.1, 0.15) is 0 Å². The van der Waals surface area contributed by atoms with Crippen molar-refractivity contribution < 1.29 is 24.2 Å². The predicted molar refractivity (Wildman–Crippen MR) is 84.2 cm³/mol. The first kappa shape index (κ1) is 14.9. The molecule has 0 aromatic heterocycles. The Bertz CT molecular complexity index is 732. The monoisotopic (exact) mass is 379 g/mol. The average molecular weight is 380 g/mol. The highest BCUT2D eigenvalue weighted by Gasteiger charge is 2.73. The number of aliphatic hydroxyl groups is 1. The van der Waals surface area contributed by atoms with E-state index in [9.17, 15) is 14.7 Å². The third-order valence-corrected chi connectivity index (χ3v) is 5.69. The van der Waals surface area contributed by atoms with E-state index in [4.69, 9.17) is 9.47 Å². The average Bonchev–Trinajstić information content (AvgIpc) is 3.14. The van der Waals surface area contributed by atoms with Gasteiger partial charge in [0.25, 0.3) is 0 Å². The molecule has 4 unspecified atom stereocenters. The van der Waals surface area contributed by atoms with Gasteiger partial charge >= 0.3 is 0 Å². The number of nitrogens with zero attached hydrogens (tertiary/aromatic N) is 1. The van der Waals surface area contributed by atoms with Crippen molar-refractivity contribution in [3.8, 4) is 5.75 Å². The Labute approximate surface area is 140 Å². The Hall–Kier alpha value is -1.70. The van der Waals surface area contributed by atoms with Crippen molar-refractivity contribution in [2.45, 2.75) is 10.1 Å². The highest BCUT2D eigenvalue weighted by Crippen LogP contribution is 2.60. The molecule has 3 heterocycles. The second-order valence-electron chi connectivity index (χ2n) is 5.91. The Morgan fingerprint density at radius 3 is 2.48 bits per heavy atom. The minimum atomic E-state index is -1.14. The molecule has 23 heavy (non-hydrogen) atoms. The quantitative estimate of drug-likeness (QED) is 0.485. The first-order valence-electron chi connectivity index (χ1n) is 7.18. The molecule has 4 atom stereocenters. The van der Waals surface area contributed by atoms with Crippen LogP contribution in [0, 0.1) is 11.8 Å². The number of anilines is 1. The maximum atomic E-state index is 12.9. The molecule has 0 radical (unpaired) electrons. The topological polar surface area (TPSA) is 76.1 Å². The number of carbonyl (C=O) groups is 2. The fraction of sp³-hybridized carbons (Fsp3) is 0.375. The van der Waals surface area contributed by atoms with Crippen LogP contribution in [0.3, 0.4) is 0 Å². The summed E-state index contributed by atoms with van der Waals surface area (Å²) in [6.07, 6.45) is 3.37. The predicted octanol–water partition coefficient (Wildman–Crippen LogP) is 1.22. The van der Waals surface area contributed by atoms with Gasteiger partial charge in [0.05, 0.1) is 31.2 Å². The van der Waals surface area contributed by atoms with Crippen LogP contribution < -0.4 is 9.64 Å². The zero-order valence-corrected chi connectivity index (χ0v) is 13.8. The lowest BCUT2D eigenvalue weighted by molar-refractivity contribution is -0.128. The third kappa shape index (κ3) is 1.75. The summed E-state index contributed by atoms with van der Waals surface area (Å²) in [6.45, 7) is -0.354. The Balaban J connectivity index is 1.76. The van der Waals surface area contributed by atoms with Crippen LogP contribution in [-0.2, 0) is 14.3 Å². The van der Waals surface area contributed by atoms with Gasteiger partial charge in [-0.3, -0.25) is 9.59 Å². The number of imide groups is 1. The van der Waals surface area contributed by atoms with E-state index in [0.717, 1.165) is 0 Å². The second-order valence-corrected chi connectivity index (χ2v) is 7.15. The SMILES string of the molecule is COc1ccc(N2C(=O)C3C(C2=O)C2(CO)C=CC3(Br)O2)cc1. The number of halogens is 1. The van der Waals surface area contributed by atoms with Crippen LogP contribution in [0.15, 0.2) is 36.4 Å². The maximum Gasteiger partial charge on any atom is 0.241 e. The maximum absolute atomic E-state index is 12.9. The molecule has 3 aliphatic rings. The Morgan fingerprint density at radius 2 is 1.87 bits per heavy atom. The summed E-state index contributed by atoms with van der Waals surface area (Å²) in [4.78, 5) is 26.9. The first-order chi connectivity index (χ1) is 11.0. The molecule has 2 bridgehead atoms. The molecule has 1 aromatic rings. The van der Waals surface area contributed by atoms with Crippen LogP contribution in [0.5, 0.6) is 5.75 Å². The number of rotatable bonds is 3. The molecular weight excluding hydrogens is 366 g/mol. The summed E-state index contributed by atoms with van der Waals surface area (Å²) in [5, 5.41) is 9.74.